The second-order valence-electron chi connectivity index (χ2n) is 4.70. The Hall–Kier alpha value is -1.35. The summed E-state index contributed by atoms with van der Waals surface area (Å²) in [5, 5.41) is 3.52. The van der Waals surface area contributed by atoms with Crippen LogP contribution in [0.4, 0.5) is 0 Å². The van der Waals surface area contributed by atoms with Crippen LogP contribution in [0.15, 0.2) is 28.7 Å². The summed E-state index contributed by atoms with van der Waals surface area (Å²) < 4.78 is 5.84. The normalized spacial score (nSPS) is 26.1. The van der Waals surface area contributed by atoms with Crippen molar-refractivity contribution >= 4 is 11.1 Å². The van der Waals surface area contributed by atoms with Crippen LogP contribution < -0.4 is 5.32 Å². The quantitative estimate of drug-likeness (QED) is 0.796. The van der Waals surface area contributed by atoms with Gasteiger partial charge in [-0.3, -0.25) is 0 Å². The van der Waals surface area contributed by atoms with E-state index in [1.807, 2.05) is 24.3 Å². The van der Waals surface area contributed by atoms with Crippen molar-refractivity contribution in [1.82, 2.24) is 10.3 Å². The van der Waals surface area contributed by atoms with Crippen molar-refractivity contribution in [3.05, 3.63) is 30.2 Å². The second-order valence-corrected chi connectivity index (χ2v) is 4.70. The van der Waals surface area contributed by atoms with Crippen molar-refractivity contribution in [2.24, 2.45) is 0 Å². The molecule has 3 rings (SSSR count). The summed E-state index contributed by atoms with van der Waals surface area (Å²) in [5.74, 6) is 0.827. The van der Waals surface area contributed by atoms with Crippen molar-refractivity contribution < 1.29 is 4.42 Å². The van der Waals surface area contributed by atoms with Gasteiger partial charge < -0.3 is 9.73 Å². The van der Waals surface area contributed by atoms with E-state index in [0.29, 0.717) is 0 Å². The number of benzene rings is 1. The highest BCUT2D eigenvalue weighted by Gasteiger charge is 2.33. The number of oxazole rings is 1. The number of hydrogen-bond donors (Lipinski definition) is 1. The van der Waals surface area contributed by atoms with Gasteiger partial charge in [-0.15, -0.1) is 0 Å². The van der Waals surface area contributed by atoms with Gasteiger partial charge >= 0.3 is 0 Å². The van der Waals surface area contributed by atoms with E-state index in [-0.39, 0.29) is 5.54 Å². The summed E-state index contributed by atoms with van der Waals surface area (Å²) in [6.07, 6.45) is 3.58. The number of hydrogen-bond acceptors (Lipinski definition) is 3. The van der Waals surface area contributed by atoms with E-state index in [0.717, 1.165) is 30.0 Å². The van der Waals surface area contributed by atoms with E-state index in [4.69, 9.17) is 4.42 Å². The van der Waals surface area contributed by atoms with Crippen LogP contribution in [0, 0.1) is 0 Å². The van der Waals surface area contributed by atoms with Gasteiger partial charge in [0.2, 0.25) is 5.89 Å². The van der Waals surface area contributed by atoms with Gasteiger partial charge in [-0.25, -0.2) is 4.98 Å². The third-order valence-electron chi connectivity index (χ3n) is 3.38. The molecule has 0 radical (unpaired) electrons. The zero-order valence-electron chi connectivity index (χ0n) is 9.49. The molecule has 1 fully saturated rings. The highest BCUT2D eigenvalue weighted by atomic mass is 16.4. The summed E-state index contributed by atoms with van der Waals surface area (Å²) in [6, 6.07) is 7.94. The molecule has 0 saturated carbocycles. The molecule has 2 heterocycles. The number of nitrogens with one attached hydrogen (secondary N) is 1. The van der Waals surface area contributed by atoms with Gasteiger partial charge in [0, 0.05) is 0 Å². The van der Waals surface area contributed by atoms with Crippen LogP contribution in [-0.4, -0.2) is 11.5 Å². The number of aromatic nitrogens is 1. The maximum absolute atomic E-state index is 5.84. The SMILES string of the molecule is CC1(c2nc3ccccc3o2)CCCCN1. The van der Waals surface area contributed by atoms with Gasteiger partial charge in [0.1, 0.15) is 5.52 Å². The summed E-state index contributed by atoms with van der Waals surface area (Å²) in [7, 11) is 0. The van der Waals surface area contributed by atoms with Gasteiger partial charge in [-0.2, -0.15) is 0 Å². The highest BCUT2D eigenvalue weighted by Crippen LogP contribution is 2.31. The lowest BCUT2D eigenvalue weighted by molar-refractivity contribution is 0.232. The molecule has 0 amide bonds. The fourth-order valence-electron chi connectivity index (χ4n) is 2.35. The molecule has 1 aliphatic heterocycles. The van der Waals surface area contributed by atoms with Crippen LogP contribution in [0.3, 0.4) is 0 Å². The molecule has 1 atom stereocenters. The molecule has 1 aliphatic rings. The average Bonchev–Trinajstić information content (AvgIpc) is 2.74. The molecule has 1 N–H and O–H groups in total. The fourth-order valence-corrected chi connectivity index (χ4v) is 2.35. The van der Waals surface area contributed by atoms with Gasteiger partial charge in [0.15, 0.2) is 5.58 Å². The summed E-state index contributed by atoms with van der Waals surface area (Å²) in [6.45, 7) is 3.23. The molecule has 0 bridgehead atoms. The smallest absolute Gasteiger partial charge is 0.215 e. The van der Waals surface area contributed by atoms with Crippen molar-refractivity contribution in [2.45, 2.75) is 31.7 Å². The Morgan fingerprint density at radius 1 is 1.31 bits per heavy atom. The Balaban J connectivity index is 2.04. The monoisotopic (exact) mass is 216 g/mol. The van der Waals surface area contributed by atoms with Crippen LogP contribution in [0.25, 0.3) is 11.1 Å². The molecule has 1 aromatic carbocycles. The first kappa shape index (κ1) is 9.85. The van der Waals surface area contributed by atoms with Crippen molar-refractivity contribution in [3.8, 4) is 0 Å². The Bertz CT molecular complexity index is 464. The van der Waals surface area contributed by atoms with Gasteiger partial charge in [0.25, 0.3) is 0 Å². The Kier molecular flexibility index (Phi) is 2.21. The van der Waals surface area contributed by atoms with Gasteiger partial charge in [-0.05, 0) is 44.9 Å². The van der Waals surface area contributed by atoms with Gasteiger partial charge in [-0.1, -0.05) is 12.1 Å². The van der Waals surface area contributed by atoms with Crippen LogP contribution in [-0.2, 0) is 5.54 Å². The molecule has 1 saturated heterocycles. The van der Waals surface area contributed by atoms with Crippen LogP contribution in [0.1, 0.15) is 32.1 Å². The number of piperidine rings is 1. The van der Waals surface area contributed by atoms with Crippen LogP contribution in [0.5, 0.6) is 0 Å². The molecule has 1 unspecified atom stereocenters. The standard InChI is InChI=1S/C13H16N2O/c1-13(8-4-5-9-14-13)12-15-10-6-2-3-7-11(10)16-12/h2-3,6-7,14H,4-5,8-9H2,1H3. The van der Waals surface area contributed by atoms with Crippen LogP contribution in [0.2, 0.25) is 0 Å². The molecule has 0 spiro atoms. The summed E-state index contributed by atoms with van der Waals surface area (Å²) in [5.41, 5.74) is 1.74. The van der Waals surface area contributed by atoms with E-state index in [9.17, 15) is 0 Å². The molecule has 1 aromatic heterocycles. The third-order valence-corrected chi connectivity index (χ3v) is 3.38. The molecular formula is C13H16N2O. The maximum Gasteiger partial charge on any atom is 0.215 e. The lowest BCUT2D eigenvalue weighted by Gasteiger charge is -2.31. The Morgan fingerprint density at radius 3 is 2.94 bits per heavy atom. The molecule has 16 heavy (non-hydrogen) atoms. The number of para-hydroxylation sites is 2. The number of rotatable bonds is 1. The molecule has 0 aliphatic carbocycles. The minimum atomic E-state index is -0.0860. The maximum atomic E-state index is 5.84. The lowest BCUT2D eigenvalue weighted by atomic mass is 9.91. The van der Waals surface area contributed by atoms with Crippen LogP contribution >= 0.6 is 0 Å². The predicted octanol–water partition coefficient (Wildman–Crippen LogP) is 2.82. The minimum absolute atomic E-state index is 0.0860. The third kappa shape index (κ3) is 1.52. The first-order valence-corrected chi connectivity index (χ1v) is 5.89. The summed E-state index contributed by atoms with van der Waals surface area (Å²) in [4.78, 5) is 4.58. The van der Waals surface area contributed by atoms with E-state index in [2.05, 4.69) is 17.2 Å². The number of nitrogens with zero attached hydrogens (tertiary/aromatic N) is 1. The molecule has 84 valence electrons. The lowest BCUT2D eigenvalue weighted by Crippen LogP contribution is -2.43. The first-order valence-electron chi connectivity index (χ1n) is 5.89. The first-order chi connectivity index (χ1) is 7.78. The van der Waals surface area contributed by atoms with Crippen molar-refractivity contribution in [3.63, 3.8) is 0 Å². The Morgan fingerprint density at radius 2 is 2.19 bits per heavy atom. The average molecular weight is 216 g/mol. The number of fused-ring (bicyclic) bond motifs is 1. The van der Waals surface area contributed by atoms with E-state index in [1.165, 1.54) is 12.8 Å². The van der Waals surface area contributed by atoms with Gasteiger partial charge in [0.05, 0.1) is 5.54 Å². The van der Waals surface area contributed by atoms with E-state index >= 15 is 0 Å². The Labute approximate surface area is 94.9 Å². The minimum Gasteiger partial charge on any atom is -0.439 e. The van der Waals surface area contributed by atoms with E-state index < -0.39 is 0 Å². The molecule has 3 heteroatoms. The molecule has 2 aromatic rings. The van der Waals surface area contributed by atoms with Crippen molar-refractivity contribution in [1.29, 1.82) is 0 Å². The summed E-state index contributed by atoms with van der Waals surface area (Å²) >= 11 is 0. The predicted molar refractivity (Wildman–Crippen MR) is 63.2 cm³/mol. The fraction of sp³-hybridized carbons (Fsp3) is 0.462. The largest absolute Gasteiger partial charge is 0.439 e. The molecule has 3 nitrogen and oxygen atoms in total. The highest BCUT2D eigenvalue weighted by molar-refractivity contribution is 5.72. The van der Waals surface area contributed by atoms with Crippen molar-refractivity contribution in [2.75, 3.05) is 6.54 Å². The topological polar surface area (TPSA) is 38.1 Å². The van der Waals surface area contributed by atoms with E-state index in [1.54, 1.807) is 0 Å². The zero-order chi connectivity index (χ0) is 11.0. The molecular weight excluding hydrogens is 200 g/mol. The zero-order valence-corrected chi connectivity index (χ0v) is 9.49. The second kappa shape index (κ2) is 3.59.